The van der Waals surface area contributed by atoms with Crippen molar-refractivity contribution in [2.75, 3.05) is 10.6 Å². The summed E-state index contributed by atoms with van der Waals surface area (Å²) < 4.78 is 1.64. The summed E-state index contributed by atoms with van der Waals surface area (Å²) in [5.74, 6) is -0.314. The van der Waals surface area contributed by atoms with E-state index in [1.807, 2.05) is 26.0 Å². The highest BCUT2D eigenvalue weighted by Gasteiger charge is 2.19. The number of benzene rings is 2. The Labute approximate surface area is 173 Å². The number of amides is 2. The number of carbonyl (C=O) groups is 2. The van der Waals surface area contributed by atoms with Gasteiger partial charge in [0.15, 0.2) is 0 Å². The quantitative estimate of drug-likeness (QED) is 0.604. The van der Waals surface area contributed by atoms with Gasteiger partial charge in [-0.1, -0.05) is 17.8 Å². The Bertz CT molecular complexity index is 1010. The third-order valence-corrected chi connectivity index (χ3v) is 5.05. The lowest BCUT2D eigenvalue weighted by Gasteiger charge is -2.12. The molecule has 1 heterocycles. The van der Waals surface area contributed by atoms with E-state index in [1.54, 1.807) is 35.9 Å². The Morgan fingerprint density at radius 1 is 1.00 bits per heavy atom. The number of nitrogens with one attached hydrogen (secondary N) is 2. The monoisotopic (exact) mass is 410 g/mol. The van der Waals surface area contributed by atoms with Crippen molar-refractivity contribution in [3.63, 3.8) is 0 Å². The van der Waals surface area contributed by atoms with Gasteiger partial charge in [0.1, 0.15) is 0 Å². The largest absolute Gasteiger partial charge is 0.326 e. The Hall–Kier alpha value is -3.20. The Morgan fingerprint density at radius 2 is 1.59 bits per heavy atom. The molecule has 1 atom stereocenters. The lowest BCUT2D eigenvalue weighted by molar-refractivity contribution is -0.115. The second-order valence-electron chi connectivity index (χ2n) is 6.73. The van der Waals surface area contributed by atoms with Crippen LogP contribution in [0.5, 0.6) is 0 Å². The molecule has 0 unspecified atom stereocenters. The molecule has 0 bridgehead atoms. The standard InChI is InChI=1S/C20H22N6O2S/c1-12-9-13(2)11-18(10-12)26-20(23-24-25-26)29-14(3)19(28)22-17-7-5-16(6-8-17)21-15(4)27/h5-11,14H,1-4H3,(H,21,27)(H,22,28)/t14-/m0/s1. The molecule has 9 heteroatoms. The highest BCUT2D eigenvalue weighted by atomic mass is 32.2. The minimum atomic E-state index is -0.416. The number of rotatable bonds is 6. The predicted octanol–water partition coefficient (Wildman–Crippen LogP) is 3.36. The van der Waals surface area contributed by atoms with Crippen LogP contribution in [-0.4, -0.2) is 37.3 Å². The van der Waals surface area contributed by atoms with Crippen molar-refractivity contribution in [2.45, 2.75) is 38.1 Å². The SMILES string of the molecule is CC(=O)Nc1ccc(NC(=O)[C@H](C)Sc2nnnn2-c2cc(C)cc(C)c2)cc1. The molecule has 0 aliphatic heterocycles. The summed E-state index contributed by atoms with van der Waals surface area (Å²) in [6.07, 6.45) is 0. The molecule has 0 spiro atoms. The van der Waals surface area contributed by atoms with Crippen molar-refractivity contribution >= 4 is 35.0 Å². The van der Waals surface area contributed by atoms with Crippen LogP contribution in [0.25, 0.3) is 5.69 Å². The van der Waals surface area contributed by atoms with Crippen molar-refractivity contribution in [3.8, 4) is 5.69 Å². The average molecular weight is 411 g/mol. The van der Waals surface area contributed by atoms with E-state index in [1.165, 1.54) is 18.7 Å². The van der Waals surface area contributed by atoms with Crippen LogP contribution in [0.4, 0.5) is 11.4 Å². The molecule has 2 N–H and O–H groups in total. The molecule has 0 aliphatic carbocycles. The van der Waals surface area contributed by atoms with Gasteiger partial charge in [-0.2, -0.15) is 4.68 Å². The fourth-order valence-corrected chi connectivity index (χ4v) is 3.59. The molecule has 29 heavy (non-hydrogen) atoms. The Kier molecular flexibility index (Phi) is 6.28. The van der Waals surface area contributed by atoms with Crippen molar-refractivity contribution in [1.82, 2.24) is 20.2 Å². The molecule has 2 amide bonds. The summed E-state index contributed by atoms with van der Waals surface area (Å²) in [6, 6.07) is 13.0. The number of hydrogen-bond donors (Lipinski definition) is 2. The lowest BCUT2D eigenvalue weighted by Crippen LogP contribution is -2.23. The van der Waals surface area contributed by atoms with Crippen LogP contribution in [0, 0.1) is 13.8 Å². The normalized spacial score (nSPS) is 11.7. The van der Waals surface area contributed by atoms with Gasteiger partial charge in [-0.25, -0.2) is 0 Å². The number of thioether (sulfide) groups is 1. The maximum Gasteiger partial charge on any atom is 0.237 e. The van der Waals surface area contributed by atoms with E-state index in [4.69, 9.17) is 0 Å². The zero-order chi connectivity index (χ0) is 21.0. The van der Waals surface area contributed by atoms with Crippen LogP contribution in [0.2, 0.25) is 0 Å². The van der Waals surface area contributed by atoms with E-state index in [0.717, 1.165) is 16.8 Å². The number of carbonyl (C=O) groups excluding carboxylic acids is 2. The molecule has 0 radical (unpaired) electrons. The topological polar surface area (TPSA) is 102 Å². The van der Waals surface area contributed by atoms with Gasteiger partial charge in [0, 0.05) is 18.3 Å². The second kappa shape index (κ2) is 8.87. The first-order chi connectivity index (χ1) is 13.8. The molecule has 2 aromatic carbocycles. The third-order valence-electron chi connectivity index (χ3n) is 4.02. The molecule has 0 aliphatic rings. The number of tetrazole rings is 1. The molecule has 0 fully saturated rings. The van der Waals surface area contributed by atoms with E-state index < -0.39 is 5.25 Å². The third kappa shape index (κ3) is 5.41. The molecular formula is C20H22N6O2S. The average Bonchev–Trinajstić information content (AvgIpc) is 3.10. The molecular weight excluding hydrogens is 388 g/mol. The minimum Gasteiger partial charge on any atom is -0.326 e. The van der Waals surface area contributed by atoms with Crippen LogP contribution in [0.1, 0.15) is 25.0 Å². The first-order valence-corrected chi connectivity index (χ1v) is 9.92. The first-order valence-electron chi connectivity index (χ1n) is 9.04. The predicted molar refractivity (Wildman–Crippen MR) is 113 cm³/mol. The zero-order valence-electron chi connectivity index (χ0n) is 16.6. The van der Waals surface area contributed by atoms with Crippen LogP contribution >= 0.6 is 11.8 Å². The number of aromatic nitrogens is 4. The summed E-state index contributed by atoms with van der Waals surface area (Å²) in [4.78, 5) is 23.7. The van der Waals surface area contributed by atoms with Crippen LogP contribution in [0.3, 0.4) is 0 Å². The van der Waals surface area contributed by atoms with Gasteiger partial charge in [-0.05, 0) is 78.7 Å². The van der Waals surface area contributed by atoms with Gasteiger partial charge in [-0.15, -0.1) is 5.10 Å². The number of anilines is 2. The van der Waals surface area contributed by atoms with E-state index >= 15 is 0 Å². The molecule has 3 aromatic rings. The van der Waals surface area contributed by atoms with Crippen LogP contribution in [-0.2, 0) is 9.59 Å². The fraction of sp³-hybridized carbons (Fsp3) is 0.250. The Balaban J connectivity index is 1.67. The highest BCUT2D eigenvalue weighted by Crippen LogP contribution is 2.25. The maximum absolute atomic E-state index is 12.6. The molecule has 0 saturated heterocycles. The molecule has 150 valence electrons. The summed E-state index contributed by atoms with van der Waals surface area (Å²) in [7, 11) is 0. The van der Waals surface area contributed by atoms with Gasteiger partial charge in [0.05, 0.1) is 10.9 Å². The van der Waals surface area contributed by atoms with E-state index in [0.29, 0.717) is 16.5 Å². The number of aryl methyl sites for hydroxylation is 2. The summed E-state index contributed by atoms with van der Waals surface area (Å²) >= 11 is 1.28. The second-order valence-corrected chi connectivity index (χ2v) is 8.03. The summed E-state index contributed by atoms with van der Waals surface area (Å²) in [5, 5.41) is 17.6. The van der Waals surface area contributed by atoms with Crippen molar-refractivity contribution < 1.29 is 9.59 Å². The fourth-order valence-electron chi connectivity index (χ4n) is 2.78. The van der Waals surface area contributed by atoms with Gasteiger partial charge in [0.25, 0.3) is 0 Å². The van der Waals surface area contributed by atoms with Crippen LogP contribution < -0.4 is 10.6 Å². The first kappa shape index (κ1) is 20.5. The Morgan fingerprint density at radius 3 is 2.17 bits per heavy atom. The van der Waals surface area contributed by atoms with Crippen molar-refractivity contribution in [3.05, 3.63) is 53.6 Å². The maximum atomic E-state index is 12.6. The van der Waals surface area contributed by atoms with Gasteiger partial charge in [0.2, 0.25) is 17.0 Å². The van der Waals surface area contributed by atoms with Crippen molar-refractivity contribution in [2.24, 2.45) is 0 Å². The molecule has 8 nitrogen and oxygen atoms in total. The van der Waals surface area contributed by atoms with Gasteiger partial charge in [-0.3, -0.25) is 9.59 Å². The van der Waals surface area contributed by atoms with Crippen LogP contribution in [0.15, 0.2) is 47.6 Å². The molecule has 3 rings (SSSR count). The molecule has 1 aromatic heterocycles. The van der Waals surface area contributed by atoms with E-state index in [-0.39, 0.29) is 11.8 Å². The van der Waals surface area contributed by atoms with Gasteiger partial charge >= 0.3 is 0 Å². The number of hydrogen-bond acceptors (Lipinski definition) is 6. The summed E-state index contributed by atoms with van der Waals surface area (Å²) in [5.41, 5.74) is 4.40. The smallest absolute Gasteiger partial charge is 0.237 e. The number of nitrogens with zero attached hydrogens (tertiary/aromatic N) is 4. The minimum absolute atomic E-state index is 0.145. The zero-order valence-corrected chi connectivity index (χ0v) is 17.4. The highest BCUT2D eigenvalue weighted by molar-refractivity contribution is 8.00. The van der Waals surface area contributed by atoms with E-state index in [9.17, 15) is 9.59 Å². The summed E-state index contributed by atoms with van der Waals surface area (Å²) in [6.45, 7) is 7.27. The van der Waals surface area contributed by atoms with Gasteiger partial charge < -0.3 is 10.6 Å². The molecule has 0 saturated carbocycles. The van der Waals surface area contributed by atoms with Crippen molar-refractivity contribution in [1.29, 1.82) is 0 Å². The van der Waals surface area contributed by atoms with E-state index in [2.05, 4.69) is 32.2 Å². The lowest BCUT2D eigenvalue weighted by atomic mass is 10.1.